The second kappa shape index (κ2) is 10.9. The largest absolute Gasteiger partial charge is 0.453 e. The molecule has 198 valence electrons. The fraction of sp³-hybridized carbons (Fsp3) is 0.192. The topological polar surface area (TPSA) is 146 Å². The van der Waals surface area contributed by atoms with Crippen molar-refractivity contribution < 1.29 is 9.53 Å². The minimum absolute atomic E-state index is 0.0578. The maximum atomic E-state index is 13.4. The van der Waals surface area contributed by atoms with Crippen LogP contribution in [0.4, 0.5) is 10.5 Å². The van der Waals surface area contributed by atoms with Gasteiger partial charge in [0.15, 0.2) is 0 Å². The number of anilines is 1. The Morgan fingerprint density at radius 2 is 1.95 bits per heavy atom. The number of methoxy groups -OCH3 is 1. The van der Waals surface area contributed by atoms with Crippen LogP contribution in [0.5, 0.6) is 0 Å². The number of carbonyl (C=O) groups excluding carboxylic acids is 1. The second-order valence-electron chi connectivity index (χ2n) is 8.93. The van der Waals surface area contributed by atoms with Gasteiger partial charge in [-0.2, -0.15) is 4.68 Å². The van der Waals surface area contributed by atoms with Gasteiger partial charge in [-0.1, -0.05) is 37.6 Å². The van der Waals surface area contributed by atoms with E-state index < -0.39 is 6.09 Å². The molecule has 12 nitrogen and oxygen atoms in total. The molecular formula is C26H24ClN9O3. The van der Waals surface area contributed by atoms with Gasteiger partial charge in [-0.15, -0.1) is 5.10 Å². The van der Waals surface area contributed by atoms with Gasteiger partial charge in [0.2, 0.25) is 0 Å². The monoisotopic (exact) mass is 545 g/mol. The number of hydrogen-bond donors (Lipinski definition) is 2. The van der Waals surface area contributed by atoms with Gasteiger partial charge in [-0.25, -0.2) is 14.8 Å². The number of benzene rings is 2. The molecule has 0 saturated heterocycles. The summed E-state index contributed by atoms with van der Waals surface area (Å²) in [5.74, 6) is 1.13. The van der Waals surface area contributed by atoms with Crippen LogP contribution < -0.4 is 10.9 Å². The molecule has 0 atom stereocenters. The zero-order chi connectivity index (χ0) is 27.5. The van der Waals surface area contributed by atoms with E-state index >= 15 is 0 Å². The number of H-pyrrole nitrogens is 1. The van der Waals surface area contributed by atoms with E-state index in [0.29, 0.717) is 39.3 Å². The Morgan fingerprint density at radius 1 is 1.15 bits per heavy atom. The Morgan fingerprint density at radius 3 is 2.64 bits per heavy atom. The molecule has 3 aromatic heterocycles. The molecule has 0 fully saturated rings. The summed E-state index contributed by atoms with van der Waals surface area (Å²) in [6.45, 7) is 4.15. The van der Waals surface area contributed by atoms with Crippen LogP contribution in [0.2, 0.25) is 5.02 Å². The van der Waals surface area contributed by atoms with Crippen LogP contribution in [0, 0.1) is 0 Å². The van der Waals surface area contributed by atoms with Crippen LogP contribution in [0.1, 0.15) is 31.4 Å². The van der Waals surface area contributed by atoms with Crippen molar-refractivity contribution in [3.05, 3.63) is 88.1 Å². The highest BCUT2D eigenvalue weighted by Gasteiger charge is 2.18. The number of imidazole rings is 1. The Bertz CT molecular complexity index is 1680. The average molecular weight is 546 g/mol. The highest BCUT2D eigenvalue weighted by atomic mass is 35.5. The molecule has 0 unspecified atom stereocenters. The summed E-state index contributed by atoms with van der Waals surface area (Å²) in [7, 11) is 1.31. The number of rotatable bonds is 7. The predicted molar refractivity (Wildman–Crippen MR) is 145 cm³/mol. The van der Waals surface area contributed by atoms with Crippen LogP contribution in [0.3, 0.4) is 0 Å². The number of nitrogens with one attached hydrogen (secondary N) is 2. The smallest absolute Gasteiger partial charge is 0.411 e. The van der Waals surface area contributed by atoms with Crippen molar-refractivity contribution in [3.63, 3.8) is 0 Å². The van der Waals surface area contributed by atoms with Crippen LogP contribution >= 0.6 is 11.6 Å². The summed E-state index contributed by atoms with van der Waals surface area (Å²) in [5.41, 5.74) is 3.75. The molecule has 0 aliphatic rings. The number of amides is 1. The van der Waals surface area contributed by atoms with E-state index in [4.69, 9.17) is 16.6 Å². The molecule has 0 radical (unpaired) electrons. The van der Waals surface area contributed by atoms with Crippen molar-refractivity contribution in [2.24, 2.45) is 0 Å². The molecular weight excluding hydrogens is 522 g/mol. The molecule has 0 spiro atoms. The number of halogens is 1. The van der Waals surface area contributed by atoms with Crippen LogP contribution in [0.25, 0.3) is 28.2 Å². The normalized spacial score (nSPS) is 11.1. The van der Waals surface area contributed by atoms with E-state index in [1.807, 2.05) is 26.0 Å². The zero-order valence-electron chi connectivity index (χ0n) is 21.3. The second-order valence-corrected chi connectivity index (χ2v) is 9.37. The molecule has 2 aromatic carbocycles. The van der Waals surface area contributed by atoms with Crippen LogP contribution in [-0.4, -0.2) is 52.9 Å². The predicted octanol–water partition coefficient (Wildman–Crippen LogP) is 4.28. The molecule has 13 heteroatoms. The van der Waals surface area contributed by atoms with Gasteiger partial charge < -0.3 is 9.72 Å². The fourth-order valence-corrected chi connectivity index (χ4v) is 4.26. The molecule has 0 aliphatic carbocycles. The Labute approximate surface area is 227 Å². The van der Waals surface area contributed by atoms with E-state index in [9.17, 15) is 9.59 Å². The lowest BCUT2D eigenvalue weighted by Crippen LogP contribution is -2.26. The van der Waals surface area contributed by atoms with E-state index in [0.717, 1.165) is 11.3 Å². The Balaban J connectivity index is 1.46. The first-order valence-corrected chi connectivity index (χ1v) is 12.3. The first-order valence-electron chi connectivity index (χ1n) is 12.0. The van der Waals surface area contributed by atoms with Crippen molar-refractivity contribution in [2.75, 3.05) is 12.4 Å². The quantitative estimate of drug-likeness (QED) is 0.308. The number of nitrogens with zero attached hydrogens (tertiary/aromatic N) is 7. The summed E-state index contributed by atoms with van der Waals surface area (Å²) in [4.78, 5) is 37.4. The number of tetrazole rings is 1. The van der Waals surface area contributed by atoms with Crippen molar-refractivity contribution in [2.45, 2.75) is 26.3 Å². The van der Waals surface area contributed by atoms with E-state index in [-0.39, 0.29) is 18.0 Å². The van der Waals surface area contributed by atoms with Gasteiger partial charge in [-0.05, 0) is 46.3 Å². The van der Waals surface area contributed by atoms with E-state index in [1.54, 1.807) is 41.1 Å². The summed E-state index contributed by atoms with van der Waals surface area (Å²) < 4.78 is 7.71. The standard InChI is InChI=1S/C26H24ClN9O3/c1-15(2)25-32-20(19-10-17(27)6-9-22(19)36-14-29-33-34-36)11-24(37)35(25)13-23-28-12-21(31-23)16-4-7-18(8-5-16)30-26(38)39-3/h4-12,14-15H,13H2,1-3H3,(H,28,31)(H,30,38). The lowest BCUT2D eigenvalue weighted by atomic mass is 10.1. The van der Waals surface area contributed by atoms with Gasteiger partial charge in [0.25, 0.3) is 5.56 Å². The Hall–Kier alpha value is -4.84. The lowest BCUT2D eigenvalue weighted by Gasteiger charge is -2.16. The molecule has 1 amide bonds. The van der Waals surface area contributed by atoms with Gasteiger partial charge in [-0.3, -0.25) is 14.7 Å². The van der Waals surface area contributed by atoms with Crippen molar-refractivity contribution in [1.29, 1.82) is 0 Å². The van der Waals surface area contributed by atoms with E-state index in [1.165, 1.54) is 24.2 Å². The van der Waals surface area contributed by atoms with Gasteiger partial charge in [0.1, 0.15) is 18.0 Å². The minimum atomic E-state index is -0.542. The number of aromatic amines is 1. The van der Waals surface area contributed by atoms with Crippen molar-refractivity contribution >= 4 is 23.4 Å². The number of aromatic nitrogens is 8. The molecule has 0 saturated carbocycles. The summed E-state index contributed by atoms with van der Waals surface area (Å²) in [6, 6.07) is 13.9. The fourth-order valence-electron chi connectivity index (χ4n) is 4.09. The third-order valence-corrected chi connectivity index (χ3v) is 6.18. The molecule has 5 aromatic rings. The minimum Gasteiger partial charge on any atom is -0.453 e. The summed E-state index contributed by atoms with van der Waals surface area (Å²) in [6.07, 6.45) is 2.62. The third-order valence-electron chi connectivity index (χ3n) is 5.95. The zero-order valence-corrected chi connectivity index (χ0v) is 22.0. The molecule has 39 heavy (non-hydrogen) atoms. The van der Waals surface area contributed by atoms with Crippen LogP contribution in [0.15, 0.2) is 65.8 Å². The number of ether oxygens (including phenoxy) is 1. The molecule has 2 N–H and O–H groups in total. The average Bonchev–Trinajstić information content (AvgIpc) is 3.63. The first-order chi connectivity index (χ1) is 18.8. The maximum absolute atomic E-state index is 13.4. The van der Waals surface area contributed by atoms with Gasteiger partial charge in [0.05, 0.1) is 36.9 Å². The Kier molecular flexibility index (Phi) is 7.19. The van der Waals surface area contributed by atoms with Crippen LogP contribution in [-0.2, 0) is 11.3 Å². The number of carbonyl (C=O) groups is 1. The van der Waals surface area contributed by atoms with Gasteiger partial charge in [0, 0.05) is 28.3 Å². The highest BCUT2D eigenvalue weighted by Crippen LogP contribution is 2.28. The SMILES string of the molecule is COC(=O)Nc1ccc(-c2cnc(Cn3c(C(C)C)nc(-c4cc(Cl)ccc4-n4cnnn4)cc3=O)[nH]2)cc1. The summed E-state index contributed by atoms with van der Waals surface area (Å²) in [5, 5.41) is 14.5. The molecule has 3 heterocycles. The maximum Gasteiger partial charge on any atom is 0.411 e. The lowest BCUT2D eigenvalue weighted by molar-refractivity contribution is 0.187. The molecule has 0 bridgehead atoms. The van der Waals surface area contributed by atoms with E-state index in [2.05, 4.69) is 35.5 Å². The molecule has 0 aliphatic heterocycles. The first kappa shape index (κ1) is 25.8. The molecule has 5 rings (SSSR count). The summed E-state index contributed by atoms with van der Waals surface area (Å²) >= 11 is 6.29. The van der Waals surface area contributed by atoms with Crippen molar-refractivity contribution in [3.8, 4) is 28.2 Å². The van der Waals surface area contributed by atoms with Crippen molar-refractivity contribution in [1.82, 2.24) is 39.7 Å². The van der Waals surface area contributed by atoms with Gasteiger partial charge >= 0.3 is 6.09 Å². The third kappa shape index (κ3) is 5.55. The highest BCUT2D eigenvalue weighted by molar-refractivity contribution is 6.31. The number of hydrogen-bond acceptors (Lipinski definition) is 8.